The topological polar surface area (TPSA) is 134 Å². The van der Waals surface area contributed by atoms with Gasteiger partial charge in [-0.1, -0.05) is 0 Å². The van der Waals surface area contributed by atoms with Crippen molar-refractivity contribution >= 4 is 27.7 Å². The normalized spacial score (nSPS) is 19.6. The van der Waals surface area contributed by atoms with E-state index in [1.807, 2.05) is 0 Å². The zero-order valence-corrected chi connectivity index (χ0v) is 19.0. The summed E-state index contributed by atoms with van der Waals surface area (Å²) < 4.78 is 35.1. The van der Waals surface area contributed by atoms with E-state index < -0.39 is 33.3 Å². The van der Waals surface area contributed by atoms with Crippen LogP contribution in [-0.2, 0) is 31.0 Å². The second-order valence-corrected chi connectivity index (χ2v) is 9.38. The minimum atomic E-state index is -3.66. The summed E-state index contributed by atoms with van der Waals surface area (Å²) >= 11 is 0. The van der Waals surface area contributed by atoms with Crippen molar-refractivity contribution in [2.45, 2.75) is 19.0 Å². The highest BCUT2D eigenvalue weighted by molar-refractivity contribution is 7.88. The van der Waals surface area contributed by atoms with Crippen LogP contribution in [0.1, 0.15) is 12.5 Å². The average Bonchev–Trinajstić information content (AvgIpc) is 2.72. The number of methoxy groups -OCH3 is 2. The molecule has 31 heavy (non-hydrogen) atoms. The Balaban J connectivity index is 1.98. The molecule has 1 aliphatic heterocycles. The van der Waals surface area contributed by atoms with Crippen LogP contribution in [0.15, 0.2) is 18.2 Å². The molecular weight excluding hydrogens is 428 g/mol. The summed E-state index contributed by atoms with van der Waals surface area (Å²) in [6.45, 7) is 0.748. The number of ether oxygens (including phenoxy) is 2. The van der Waals surface area contributed by atoms with E-state index in [4.69, 9.17) is 9.47 Å². The first-order valence-electron chi connectivity index (χ1n) is 9.40. The molecule has 1 aliphatic rings. The molecule has 0 spiro atoms. The third-order valence-corrected chi connectivity index (χ3v) is 6.44. The number of carbonyl (C=O) groups is 3. The van der Waals surface area contributed by atoms with E-state index in [1.165, 1.54) is 33.1 Å². The van der Waals surface area contributed by atoms with Crippen molar-refractivity contribution in [3.8, 4) is 11.5 Å². The fourth-order valence-corrected chi connectivity index (χ4v) is 3.93. The van der Waals surface area contributed by atoms with Crippen LogP contribution in [0.25, 0.3) is 0 Å². The molecule has 12 heteroatoms. The summed E-state index contributed by atoms with van der Waals surface area (Å²) in [7, 11) is 0.801. The highest BCUT2D eigenvalue weighted by atomic mass is 32.2. The second kappa shape index (κ2) is 9.52. The van der Waals surface area contributed by atoms with Gasteiger partial charge in [0.05, 0.1) is 33.6 Å². The molecule has 0 aliphatic carbocycles. The number of hydrogen-bond donors (Lipinski definition) is 2. The number of amides is 3. The minimum absolute atomic E-state index is 0.166. The quantitative estimate of drug-likeness (QED) is 0.509. The standard InChI is InChI=1S/C19H28N4O7S/c1-19(12-23(31(5,27)28)11-17(25)22(19)2)18(26)21-10-16(24)20-9-13-6-7-14(29-3)8-15(13)30-4/h6-8H,9-12H2,1-5H3,(H,20,24)(H,21,26)/t19-/m1/s1. The predicted molar refractivity (Wildman–Crippen MR) is 112 cm³/mol. The lowest BCUT2D eigenvalue weighted by atomic mass is 9.96. The first-order chi connectivity index (χ1) is 14.4. The smallest absolute Gasteiger partial charge is 0.247 e. The lowest BCUT2D eigenvalue weighted by molar-refractivity contribution is -0.150. The number of rotatable bonds is 8. The van der Waals surface area contributed by atoms with Crippen molar-refractivity contribution < 1.29 is 32.3 Å². The number of sulfonamides is 1. The number of hydrogen-bond acceptors (Lipinski definition) is 7. The molecule has 11 nitrogen and oxygen atoms in total. The van der Waals surface area contributed by atoms with Gasteiger partial charge in [0.15, 0.2) is 0 Å². The summed E-state index contributed by atoms with van der Waals surface area (Å²) in [5.41, 5.74) is -0.728. The van der Waals surface area contributed by atoms with Gasteiger partial charge in [-0.3, -0.25) is 14.4 Å². The lowest BCUT2D eigenvalue weighted by Gasteiger charge is -2.44. The van der Waals surface area contributed by atoms with Crippen LogP contribution in [0.3, 0.4) is 0 Å². The largest absolute Gasteiger partial charge is 0.497 e. The highest BCUT2D eigenvalue weighted by Crippen LogP contribution is 2.24. The zero-order chi connectivity index (χ0) is 23.4. The Kier molecular flexibility index (Phi) is 7.49. The van der Waals surface area contributed by atoms with E-state index in [2.05, 4.69) is 10.6 Å². The Hall–Kier alpha value is -2.86. The van der Waals surface area contributed by atoms with Crippen molar-refractivity contribution in [1.29, 1.82) is 0 Å². The van der Waals surface area contributed by atoms with E-state index in [0.29, 0.717) is 11.5 Å². The molecule has 2 rings (SSSR count). The third kappa shape index (κ3) is 5.64. The van der Waals surface area contributed by atoms with E-state index in [1.54, 1.807) is 18.2 Å². The van der Waals surface area contributed by atoms with Gasteiger partial charge in [-0.25, -0.2) is 8.42 Å². The van der Waals surface area contributed by atoms with E-state index in [-0.39, 0.29) is 26.2 Å². The van der Waals surface area contributed by atoms with Crippen LogP contribution >= 0.6 is 0 Å². The molecule has 0 aromatic heterocycles. The SMILES string of the molecule is COc1ccc(CNC(=O)CNC(=O)[C@@]2(C)CN(S(C)(=O)=O)CC(=O)N2C)c(OC)c1. The fraction of sp³-hybridized carbons (Fsp3) is 0.526. The monoisotopic (exact) mass is 456 g/mol. The number of carbonyl (C=O) groups excluding carboxylic acids is 3. The van der Waals surface area contributed by atoms with Gasteiger partial charge >= 0.3 is 0 Å². The molecule has 2 N–H and O–H groups in total. The molecule has 1 aromatic rings. The van der Waals surface area contributed by atoms with Crippen molar-refractivity contribution in [2.75, 3.05) is 47.2 Å². The molecule has 172 valence electrons. The molecule has 1 aromatic carbocycles. The summed E-state index contributed by atoms with van der Waals surface area (Å²) in [5.74, 6) is -0.444. The van der Waals surface area contributed by atoms with Crippen LogP contribution < -0.4 is 20.1 Å². The summed E-state index contributed by atoms with van der Waals surface area (Å²) in [4.78, 5) is 38.4. The van der Waals surface area contributed by atoms with Crippen LogP contribution in [0.5, 0.6) is 11.5 Å². The molecule has 3 amide bonds. The Labute approximate surface area is 181 Å². The number of benzene rings is 1. The van der Waals surface area contributed by atoms with Crippen molar-refractivity contribution in [1.82, 2.24) is 19.8 Å². The van der Waals surface area contributed by atoms with E-state index in [9.17, 15) is 22.8 Å². The predicted octanol–water partition coefficient (Wildman–Crippen LogP) is -1.07. The molecule has 1 fully saturated rings. The van der Waals surface area contributed by atoms with Gasteiger partial charge in [0.2, 0.25) is 27.7 Å². The zero-order valence-electron chi connectivity index (χ0n) is 18.2. The highest BCUT2D eigenvalue weighted by Gasteiger charge is 2.47. The van der Waals surface area contributed by atoms with Crippen molar-refractivity contribution in [3.63, 3.8) is 0 Å². The van der Waals surface area contributed by atoms with Gasteiger partial charge in [-0.05, 0) is 19.1 Å². The van der Waals surface area contributed by atoms with Crippen molar-refractivity contribution in [3.05, 3.63) is 23.8 Å². The van der Waals surface area contributed by atoms with Crippen LogP contribution in [0.2, 0.25) is 0 Å². The first kappa shape index (κ1) is 24.4. The summed E-state index contributed by atoms with van der Waals surface area (Å²) in [5, 5.41) is 5.15. The lowest BCUT2D eigenvalue weighted by Crippen LogP contribution is -2.68. The molecule has 0 radical (unpaired) electrons. The van der Waals surface area contributed by atoms with Gasteiger partial charge in [0.25, 0.3) is 0 Å². The Morgan fingerprint density at radius 2 is 1.87 bits per heavy atom. The van der Waals surface area contributed by atoms with Crippen LogP contribution in [0.4, 0.5) is 0 Å². The van der Waals surface area contributed by atoms with Gasteiger partial charge in [0, 0.05) is 31.8 Å². The fourth-order valence-electron chi connectivity index (χ4n) is 3.10. The molecule has 1 saturated heterocycles. The molecule has 0 saturated carbocycles. The minimum Gasteiger partial charge on any atom is -0.497 e. The maximum absolute atomic E-state index is 12.8. The van der Waals surface area contributed by atoms with Crippen LogP contribution in [0, 0.1) is 0 Å². The maximum Gasteiger partial charge on any atom is 0.247 e. The molecular formula is C19H28N4O7S. The number of nitrogens with one attached hydrogen (secondary N) is 2. The Morgan fingerprint density at radius 1 is 1.19 bits per heavy atom. The van der Waals surface area contributed by atoms with E-state index >= 15 is 0 Å². The summed E-state index contributed by atoms with van der Waals surface area (Å²) in [6.07, 6.45) is 0.977. The average molecular weight is 457 g/mol. The molecule has 1 atom stereocenters. The summed E-state index contributed by atoms with van der Waals surface area (Å²) in [6, 6.07) is 5.17. The third-order valence-electron chi connectivity index (χ3n) is 5.25. The number of piperazine rings is 1. The number of likely N-dealkylation sites (N-methyl/N-ethyl adjacent to an activating group) is 1. The van der Waals surface area contributed by atoms with Crippen LogP contribution in [-0.4, -0.2) is 88.0 Å². The number of nitrogens with zero attached hydrogens (tertiary/aromatic N) is 2. The van der Waals surface area contributed by atoms with Crippen molar-refractivity contribution in [2.24, 2.45) is 0 Å². The first-order valence-corrected chi connectivity index (χ1v) is 11.2. The van der Waals surface area contributed by atoms with Gasteiger partial charge in [-0.2, -0.15) is 4.31 Å². The van der Waals surface area contributed by atoms with Gasteiger partial charge in [-0.15, -0.1) is 0 Å². The Bertz CT molecular complexity index is 966. The van der Waals surface area contributed by atoms with Gasteiger partial charge in [0.1, 0.15) is 17.0 Å². The maximum atomic E-state index is 12.8. The molecule has 1 heterocycles. The Morgan fingerprint density at radius 3 is 2.45 bits per heavy atom. The van der Waals surface area contributed by atoms with Gasteiger partial charge < -0.3 is 25.0 Å². The molecule has 0 unspecified atom stereocenters. The second-order valence-electron chi connectivity index (χ2n) is 7.39. The molecule has 0 bridgehead atoms. The van der Waals surface area contributed by atoms with E-state index in [0.717, 1.165) is 16.1 Å².